The maximum Gasteiger partial charge on any atom is 0.353 e. The van der Waals surface area contributed by atoms with E-state index < -0.39 is 35.0 Å². The molecule has 0 spiro atoms. The van der Waals surface area contributed by atoms with Gasteiger partial charge in [-0.2, -0.15) is 0 Å². The minimum Gasteiger partial charge on any atom is -0.478 e. The number of carboxylic acid groups (broad SMARTS) is 2. The van der Waals surface area contributed by atoms with E-state index in [1.165, 1.54) is 0 Å². The van der Waals surface area contributed by atoms with E-state index in [9.17, 15) is 24.3 Å². The number of fused-ring (bicyclic) bond motifs is 1. The number of amides is 2. The number of nitrogens with zero attached hydrogens (tertiary/aromatic N) is 2. The van der Waals surface area contributed by atoms with Gasteiger partial charge in [0.2, 0.25) is 5.91 Å². The third kappa shape index (κ3) is 2.84. The predicted octanol–water partition coefficient (Wildman–Crippen LogP) is -0.713. The largest absolute Gasteiger partial charge is 0.478 e. The topological polar surface area (TPSA) is 127 Å². The fourth-order valence-corrected chi connectivity index (χ4v) is 4.64. The van der Waals surface area contributed by atoms with Crippen molar-refractivity contribution in [3.8, 4) is 0 Å². The molecule has 0 saturated carbocycles. The summed E-state index contributed by atoms with van der Waals surface area (Å²) in [5, 5.41) is 22.2. The van der Waals surface area contributed by atoms with Crippen LogP contribution in [0.15, 0.2) is 22.9 Å². The molecule has 0 aromatic carbocycles. The predicted molar refractivity (Wildman–Crippen MR) is 85.6 cm³/mol. The summed E-state index contributed by atoms with van der Waals surface area (Å²) in [7, 11) is 0. The normalized spacial score (nSPS) is 25.4. The molecular formula is C13H13N3O6S2. The summed E-state index contributed by atoms with van der Waals surface area (Å²) in [5.41, 5.74) is -0.832. The molecule has 3 heterocycles. The van der Waals surface area contributed by atoms with E-state index in [4.69, 9.17) is 5.11 Å². The van der Waals surface area contributed by atoms with Crippen molar-refractivity contribution in [2.75, 3.05) is 18.2 Å². The summed E-state index contributed by atoms with van der Waals surface area (Å²) >= 11 is 2.67. The third-order valence-electron chi connectivity index (χ3n) is 3.70. The van der Waals surface area contributed by atoms with E-state index in [0.717, 1.165) is 16.7 Å². The van der Waals surface area contributed by atoms with Gasteiger partial charge in [0.05, 0.1) is 18.0 Å². The Morgan fingerprint density at radius 3 is 2.62 bits per heavy atom. The maximum atomic E-state index is 12.2. The van der Waals surface area contributed by atoms with Crippen LogP contribution in [0.3, 0.4) is 0 Å². The van der Waals surface area contributed by atoms with Gasteiger partial charge in [-0.1, -0.05) is 0 Å². The summed E-state index contributed by atoms with van der Waals surface area (Å²) in [4.78, 5) is 49.4. The van der Waals surface area contributed by atoms with Crippen LogP contribution in [0.2, 0.25) is 0 Å². The molecule has 3 aliphatic heterocycles. The lowest BCUT2D eigenvalue weighted by molar-refractivity contribution is -0.151. The number of hydrogen-bond acceptors (Lipinski definition) is 7. The molecule has 1 saturated heterocycles. The smallest absolute Gasteiger partial charge is 0.353 e. The minimum atomic E-state index is -1.46. The standard InChI is InChI=1S/C13H13N3O6S2/c17-7(3-15-1-2-23-5-15)14-8-10(18)16-9(13(21)22)6(12(19)20)4-24-11(8)16/h1-2,8,11H,3-5H2,(H,14,17)(H,19,20)(H,21,22)/t8?,11-/m0/s1. The number of carbonyl (C=O) groups is 4. The zero-order valence-corrected chi connectivity index (χ0v) is 13.8. The Morgan fingerprint density at radius 1 is 1.29 bits per heavy atom. The lowest BCUT2D eigenvalue weighted by Crippen LogP contribution is -2.71. The van der Waals surface area contributed by atoms with Crippen LogP contribution >= 0.6 is 23.5 Å². The van der Waals surface area contributed by atoms with Gasteiger partial charge < -0.3 is 20.4 Å². The minimum absolute atomic E-state index is 0.0384. The molecule has 0 aromatic rings. The second-order valence-electron chi connectivity index (χ2n) is 5.22. The van der Waals surface area contributed by atoms with Crippen molar-refractivity contribution in [2.45, 2.75) is 11.4 Å². The Kier molecular flexibility index (Phi) is 4.45. The molecule has 3 N–H and O–H groups in total. The average molecular weight is 371 g/mol. The Hall–Kier alpha value is -2.14. The number of rotatable bonds is 5. The number of carbonyl (C=O) groups excluding carboxylic acids is 2. The monoisotopic (exact) mass is 371 g/mol. The third-order valence-corrected chi connectivity index (χ3v) is 5.78. The molecule has 2 amide bonds. The van der Waals surface area contributed by atoms with Crippen LogP contribution in [-0.2, 0) is 19.2 Å². The quantitative estimate of drug-likeness (QED) is 0.537. The van der Waals surface area contributed by atoms with E-state index in [1.807, 2.05) is 5.41 Å². The van der Waals surface area contributed by atoms with E-state index in [2.05, 4.69) is 5.32 Å². The molecule has 0 radical (unpaired) electrons. The molecule has 128 valence electrons. The van der Waals surface area contributed by atoms with Crippen molar-refractivity contribution in [3.05, 3.63) is 22.9 Å². The van der Waals surface area contributed by atoms with E-state index >= 15 is 0 Å². The number of nitrogens with one attached hydrogen (secondary N) is 1. The SMILES string of the molecule is O=C(CN1C=CSC1)NC1C(=O)N2C(C(=O)O)=C(C(=O)O)CS[C@@H]12. The van der Waals surface area contributed by atoms with Crippen molar-refractivity contribution in [2.24, 2.45) is 0 Å². The summed E-state index contributed by atoms with van der Waals surface area (Å²) in [6.07, 6.45) is 1.78. The van der Waals surface area contributed by atoms with Crippen LogP contribution in [0.1, 0.15) is 0 Å². The molecule has 11 heteroatoms. The summed E-state index contributed by atoms with van der Waals surface area (Å²) in [6.45, 7) is 0.104. The van der Waals surface area contributed by atoms with Gasteiger partial charge in [-0.05, 0) is 5.41 Å². The van der Waals surface area contributed by atoms with Gasteiger partial charge >= 0.3 is 11.9 Å². The zero-order chi connectivity index (χ0) is 17.4. The van der Waals surface area contributed by atoms with Gasteiger partial charge in [0.15, 0.2) is 0 Å². The first-order valence-electron chi connectivity index (χ1n) is 6.86. The van der Waals surface area contributed by atoms with Crippen LogP contribution in [0, 0.1) is 0 Å². The Labute approximate surface area is 144 Å². The van der Waals surface area contributed by atoms with Gasteiger partial charge in [-0.25, -0.2) is 9.59 Å². The Balaban J connectivity index is 1.70. The molecule has 3 rings (SSSR count). The van der Waals surface area contributed by atoms with Crippen molar-refractivity contribution in [1.29, 1.82) is 0 Å². The molecule has 0 aliphatic carbocycles. The number of β-lactam (4-membered cyclic amide) rings is 1. The summed E-state index contributed by atoms with van der Waals surface area (Å²) in [5.74, 6) is -3.16. The second kappa shape index (κ2) is 6.40. The van der Waals surface area contributed by atoms with Crippen molar-refractivity contribution in [1.82, 2.24) is 15.1 Å². The van der Waals surface area contributed by atoms with Crippen molar-refractivity contribution >= 4 is 47.3 Å². The number of thioether (sulfide) groups is 2. The fourth-order valence-electron chi connectivity index (χ4n) is 2.60. The molecule has 0 aromatic heterocycles. The van der Waals surface area contributed by atoms with E-state index in [-0.39, 0.29) is 23.8 Å². The zero-order valence-electron chi connectivity index (χ0n) is 12.2. The van der Waals surface area contributed by atoms with Gasteiger partial charge in [0, 0.05) is 12.0 Å². The Morgan fingerprint density at radius 2 is 2.04 bits per heavy atom. The van der Waals surface area contributed by atoms with Crippen LogP contribution in [-0.4, -0.2) is 73.4 Å². The maximum absolute atomic E-state index is 12.2. The first-order valence-corrected chi connectivity index (χ1v) is 8.96. The van der Waals surface area contributed by atoms with Crippen LogP contribution < -0.4 is 5.32 Å². The van der Waals surface area contributed by atoms with Crippen molar-refractivity contribution in [3.63, 3.8) is 0 Å². The summed E-state index contributed by atoms with van der Waals surface area (Å²) < 4.78 is 0. The van der Waals surface area contributed by atoms with Gasteiger partial charge in [-0.3, -0.25) is 14.5 Å². The molecule has 0 bridgehead atoms. The van der Waals surface area contributed by atoms with E-state index in [1.54, 1.807) is 22.9 Å². The lowest BCUT2D eigenvalue weighted by Gasteiger charge is -2.49. The van der Waals surface area contributed by atoms with Crippen molar-refractivity contribution < 1.29 is 29.4 Å². The molecule has 1 fully saturated rings. The first-order chi connectivity index (χ1) is 11.4. The molecular weight excluding hydrogens is 358 g/mol. The fraction of sp³-hybridized carbons (Fsp3) is 0.385. The highest BCUT2D eigenvalue weighted by Crippen LogP contribution is 2.40. The number of hydrogen-bond donors (Lipinski definition) is 3. The van der Waals surface area contributed by atoms with Gasteiger partial charge in [-0.15, -0.1) is 23.5 Å². The van der Waals surface area contributed by atoms with Crippen LogP contribution in [0.5, 0.6) is 0 Å². The van der Waals surface area contributed by atoms with Gasteiger partial charge in [0.25, 0.3) is 5.91 Å². The molecule has 1 unspecified atom stereocenters. The molecule has 24 heavy (non-hydrogen) atoms. The summed E-state index contributed by atoms with van der Waals surface area (Å²) in [6, 6.07) is -0.841. The lowest BCUT2D eigenvalue weighted by atomic mass is 10.0. The second-order valence-corrected chi connectivity index (χ2v) is 7.19. The Bertz CT molecular complexity index is 691. The highest BCUT2D eigenvalue weighted by molar-refractivity contribution is 8.02. The van der Waals surface area contributed by atoms with Gasteiger partial charge in [0.1, 0.15) is 17.1 Å². The number of aliphatic carboxylic acids is 2. The molecule has 9 nitrogen and oxygen atoms in total. The highest BCUT2D eigenvalue weighted by Gasteiger charge is 2.55. The molecule has 2 atom stereocenters. The average Bonchev–Trinajstić information content (AvgIpc) is 3.03. The van der Waals surface area contributed by atoms with E-state index in [0.29, 0.717) is 5.88 Å². The molecule has 3 aliphatic rings. The number of carboxylic acids is 2. The van der Waals surface area contributed by atoms with Crippen LogP contribution in [0.25, 0.3) is 0 Å². The first kappa shape index (κ1) is 16.7. The highest BCUT2D eigenvalue weighted by atomic mass is 32.2. The van der Waals surface area contributed by atoms with Crippen LogP contribution in [0.4, 0.5) is 0 Å².